The first-order valence-electron chi connectivity index (χ1n) is 7.00. The van der Waals surface area contributed by atoms with Gasteiger partial charge < -0.3 is 5.11 Å². The van der Waals surface area contributed by atoms with Gasteiger partial charge in [0.25, 0.3) is 0 Å². The summed E-state index contributed by atoms with van der Waals surface area (Å²) < 4.78 is 39.8. The zero-order chi connectivity index (χ0) is 15.7. The molecule has 1 aliphatic carbocycles. The molecule has 0 bridgehead atoms. The van der Waals surface area contributed by atoms with Crippen molar-refractivity contribution in [3.8, 4) is 0 Å². The number of nitrogens with one attached hydrogen (secondary N) is 1. The molecule has 0 amide bonds. The van der Waals surface area contributed by atoms with Crippen LogP contribution in [0.1, 0.15) is 37.8 Å². The Labute approximate surface area is 128 Å². The summed E-state index contributed by atoms with van der Waals surface area (Å²) in [6, 6.07) is 5.64. The molecule has 118 valence electrons. The minimum Gasteiger partial charge on any atom is -0.375 e. The maximum absolute atomic E-state index is 13.3. The van der Waals surface area contributed by atoms with Gasteiger partial charge in [-0.05, 0) is 24.8 Å². The van der Waals surface area contributed by atoms with Crippen LogP contribution in [0.3, 0.4) is 0 Å². The molecule has 2 nitrogen and oxygen atoms in total. The Hall–Kier alpha value is -0.720. The standard InChI is InChI=1S/C15H20F3NOS/c1-14(20,12(21)9-10-7-8-10)19-13(15(16,17)18)11-5-3-2-4-6-11/h2-6,10,12-13,19-21H,7-9H2,1H3/t12?,13-,14?/m0/s1. The third kappa shape index (κ3) is 4.63. The van der Waals surface area contributed by atoms with E-state index in [1.807, 2.05) is 0 Å². The zero-order valence-electron chi connectivity index (χ0n) is 11.8. The Morgan fingerprint density at radius 3 is 2.33 bits per heavy atom. The number of rotatable bonds is 6. The maximum Gasteiger partial charge on any atom is 0.407 e. The fraction of sp³-hybridized carbons (Fsp3) is 0.600. The molecule has 1 aromatic rings. The van der Waals surface area contributed by atoms with Crippen LogP contribution in [0.25, 0.3) is 0 Å². The first-order valence-corrected chi connectivity index (χ1v) is 7.51. The molecule has 1 aliphatic rings. The summed E-state index contributed by atoms with van der Waals surface area (Å²) in [6.07, 6.45) is -1.75. The lowest BCUT2D eigenvalue weighted by atomic mass is 10.0. The van der Waals surface area contributed by atoms with Crippen LogP contribution in [-0.2, 0) is 0 Å². The highest BCUT2D eigenvalue weighted by Gasteiger charge is 2.46. The van der Waals surface area contributed by atoms with E-state index in [0.717, 1.165) is 12.8 Å². The number of halogens is 3. The summed E-state index contributed by atoms with van der Waals surface area (Å²) in [6.45, 7) is 1.36. The van der Waals surface area contributed by atoms with Gasteiger partial charge in [-0.25, -0.2) is 0 Å². The topological polar surface area (TPSA) is 32.3 Å². The Balaban J connectivity index is 2.14. The molecular formula is C15H20F3NOS. The highest BCUT2D eigenvalue weighted by Crippen LogP contribution is 2.39. The summed E-state index contributed by atoms with van der Waals surface area (Å²) in [5.41, 5.74) is -1.61. The van der Waals surface area contributed by atoms with Crippen LogP contribution in [-0.4, -0.2) is 22.3 Å². The van der Waals surface area contributed by atoms with E-state index < -0.39 is 23.2 Å². The van der Waals surface area contributed by atoms with E-state index in [2.05, 4.69) is 17.9 Å². The van der Waals surface area contributed by atoms with E-state index in [4.69, 9.17) is 0 Å². The molecule has 1 aromatic carbocycles. The maximum atomic E-state index is 13.3. The number of aliphatic hydroxyl groups is 1. The minimum absolute atomic E-state index is 0.0808. The summed E-state index contributed by atoms with van der Waals surface area (Å²) >= 11 is 4.29. The summed E-state index contributed by atoms with van der Waals surface area (Å²) in [5.74, 6) is 0.474. The molecule has 2 unspecified atom stereocenters. The smallest absolute Gasteiger partial charge is 0.375 e. The van der Waals surface area contributed by atoms with Crippen molar-refractivity contribution >= 4 is 12.6 Å². The first kappa shape index (κ1) is 16.6. The number of hydrogen-bond acceptors (Lipinski definition) is 3. The van der Waals surface area contributed by atoms with Crippen LogP contribution >= 0.6 is 12.6 Å². The summed E-state index contributed by atoms with van der Waals surface area (Å²) in [4.78, 5) is 0. The van der Waals surface area contributed by atoms with Gasteiger partial charge in [0.1, 0.15) is 11.8 Å². The van der Waals surface area contributed by atoms with E-state index >= 15 is 0 Å². The van der Waals surface area contributed by atoms with Crippen molar-refractivity contribution in [3.63, 3.8) is 0 Å². The third-order valence-corrected chi connectivity index (χ3v) is 4.51. The lowest BCUT2D eigenvalue weighted by Crippen LogP contribution is -2.54. The predicted molar refractivity (Wildman–Crippen MR) is 79.1 cm³/mol. The van der Waals surface area contributed by atoms with Gasteiger partial charge in [0.2, 0.25) is 0 Å². The number of benzene rings is 1. The molecule has 1 saturated carbocycles. The van der Waals surface area contributed by atoms with Crippen molar-refractivity contribution in [1.82, 2.24) is 5.32 Å². The molecule has 0 radical (unpaired) electrons. The van der Waals surface area contributed by atoms with E-state index in [1.165, 1.54) is 19.1 Å². The van der Waals surface area contributed by atoms with Gasteiger partial charge >= 0.3 is 6.18 Å². The van der Waals surface area contributed by atoms with Crippen molar-refractivity contribution in [3.05, 3.63) is 35.9 Å². The van der Waals surface area contributed by atoms with Crippen LogP contribution in [0.4, 0.5) is 13.2 Å². The SMILES string of the molecule is CC(O)(N[C@@H](c1ccccc1)C(F)(F)F)C(S)CC1CC1. The zero-order valence-corrected chi connectivity index (χ0v) is 12.7. The third-order valence-electron chi connectivity index (χ3n) is 3.80. The average Bonchev–Trinajstić information content (AvgIpc) is 3.19. The highest BCUT2D eigenvalue weighted by molar-refractivity contribution is 7.81. The Morgan fingerprint density at radius 2 is 1.86 bits per heavy atom. The highest BCUT2D eigenvalue weighted by atomic mass is 32.1. The largest absolute Gasteiger partial charge is 0.407 e. The van der Waals surface area contributed by atoms with E-state index in [1.54, 1.807) is 18.2 Å². The van der Waals surface area contributed by atoms with Gasteiger partial charge in [-0.3, -0.25) is 5.32 Å². The van der Waals surface area contributed by atoms with Gasteiger partial charge in [0.05, 0.1) is 0 Å². The van der Waals surface area contributed by atoms with E-state index in [0.29, 0.717) is 12.3 Å². The monoisotopic (exact) mass is 319 g/mol. The molecule has 3 atom stereocenters. The fourth-order valence-corrected chi connectivity index (χ4v) is 2.66. The van der Waals surface area contributed by atoms with Crippen molar-refractivity contribution in [2.24, 2.45) is 5.92 Å². The van der Waals surface area contributed by atoms with Crippen LogP contribution in [0.15, 0.2) is 30.3 Å². The second-order valence-electron chi connectivity index (χ2n) is 5.87. The number of thiol groups is 1. The van der Waals surface area contributed by atoms with Gasteiger partial charge in [-0.15, -0.1) is 0 Å². The number of hydrogen-bond donors (Lipinski definition) is 3. The molecule has 0 aromatic heterocycles. The van der Waals surface area contributed by atoms with Crippen LogP contribution in [0, 0.1) is 5.92 Å². The predicted octanol–water partition coefficient (Wildman–Crippen LogP) is 3.69. The first-order chi connectivity index (χ1) is 9.70. The van der Waals surface area contributed by atoms with E-state index in [-0.39, 0.29) is 5.56 Å². The molecule has 0 saturated heterocycles. The molecule has 6 heteroatoms. The summed E-state index contributed by atoms with van der Waals surface area (Å²) in [7, 11) is 0. The molecule has 0 aliphatic heterocycles. The second-order valence-corrected chi connectivity index (χ2v) is 6.50. The molecule has 0 spiro atoms. The van der Waals surface area contributed by atoms with E-state index in [9.17, 15) is 18.3 Å². The van der Waals surface area contributed by atoms with Crippen molar-refractivity contribution in [2.45, 2.75) is 49.4 Å². The van der Waals surface area contributed by atoms with Gasteiger partial charge in [0, 0.05) is 5.25 Å². The average molecular weight is 319 g/mol. The van der Waals surface area contributed by atoms with Crippen LogP contribution < -0.4 is 5.32 Å². The lowest BCUT2D eigenvalue weighted by molar-refractivity contribution is -0.174. The molecular weight excluding hydrogens is 299 g/mol. The van der Waals surface area contributed by atoms with Crippen LogP contribution in [0.5, 0.6) is 0 Å². The normalized spacial score (nSPS) is 21.6. The van der Waals surface area contributed by atoms with Gasteiger partial charge in [0.15, 0.2) is 0 Å². The number of alkyl halides is 3. The van der Waals surface area contributed by atoms with Gasteiger partial charge in [-0.2, -0.15) is 25.8 Å². The Morgan fingerprint density at radius 1 is 1.29 bits per heavy atom. The van der Waals surface area contributed by atoms with Crippen molar-refractivity contribution in [1.29, 1.82) is 0 Å². The Kier molecular flexibility index (Phi) is 4.90. The summed E-state index contributed by atoms with van der Waals surface area (Å²) in [5, 5.41) is 12.2. The van der Waals surface area contributed by atoms with Crippen molar-refractivity contribution in [2.75, 3.05) is 0 Å². The molecule has 2 N–H and O–H groups in total. The fourth-order valence-electron chi connectivity index (χ4n) is 2.29. The second kappa shape index (κ2) is 6.18. The lowest BCUT2D eigenvalue weighted by Gasteiger charge is -2.36. The van der Waals surface area contributed by atoms with Crippen molar-refractivity contribution < 1.29 is 18.3 Å². The molecule has 1 fully saturated rings. The molecule has 21 heavy (non-hydrogen) atoms. The van der Waals surface area contributed by atoms with Gasteiger partial charge in [-0.1, -0.05) is 43.2 Å². The molecule has 2 rings (SSSR count). The quantitative estimate of drug-likeness (QED) is 0.552. The van der Waals surface area contributed by atoms with Crippen LogP contribution in [0.2, 0.25) is 0 Å². The molecule has 0 heterocycles. The minimum atomic E-state index is -4.49. The Bertz CT molecular complexity index is 460.